The molecular weight excluding hydrogens is 1110 g/mol. The Labute approximate surface area is 523 Å². The van der Waals surface area contributed by atoms with Gasteiger partial charge in [-0.25, -0.2) is 4.39 Å². The van der Waals surface area contributed by atoms with Gasteiger partial charge in [-0.15, -0.1) is 0 Å². The first-order chi connectivity index (χ1) is 40.4. The number of aryl methyl sites for hydroxylation is 4. The van der Waals surface area contributed by atoms with Crippen molar-refractivity contribution in [3.05, 3.63) is 171 Å². The van der Waals surface area contributed by atoms with Crippen molar-refractivity contribution in [2.75, 3.05) is 13.2 Å². The smallest absolute Gasteiger partial charge is 0.147 e. The number of phenols is 2. The highest BCUT2D eigenvalue weighted by Gasteiger charge is 2.34. The topological polar surface area (TPSA) is 68.8 Å². The Kier molecular flexibility index (Phi) is 16.3. The molecule has 0 fully saturated rings. The molecule has 2 heterocycles. The van der Waals surface area contributed by atoms with Crippen molar-refractivity contribution in [3.8, 4) is 56.6 Å². The number of fused-ring (bicyclic) bond motifs is 6. The molecule has 0 atom stereocenters. The van der Waals surface area contributed by atoms with E-state index in [1.54, 1.807) is 0 Å². The maximum atomic E-state index is 16.2. The molecule has 10 rings (SSSR count). The van der Waals surface area contributed by atoms with Crippen LogP contribution in [-0.4, -0.2) is 40.6 Å². The molecule has 0 aliphatic rings. The van der Waals surface area contributed by atoms with Crippen molar-refractivity contribution in [1.29, 1.82) is 0 Å². The molecule has 0 saturated heterocycles. The highest BCUT2D eigenvalue weighted by molar-refractivity contribution is 6.88. The van der Waals surface area contributed by atoms with E-state index in [-0.39, 0.29) is 51.8 Å². The maximum Gasteiger partial charge on any atom is 0.147 e. The van der Waals surface area contributed by atoms with Crippen molar-refractivity contribution >= 4 is 68.5 Å². The van der Waals surface area contributed by atoms with Crippen molar-refractivity contribution in [2.45, 2.75) is 173 Å². The second-order valence-electron chi connectivity index (χ2n) is 31.0. The number of hydrogen-bond donors (Lipinski definition) is 2. The Morgan fingerprint density at radius 2 is 0.920 bits per heavy atom. The number of aromatic hydroxyl groups is 2. The summed E-state index contributed by atoms with van der Waals surface area (Å²) < 4.78 is 34.3. The summed E-state index contributed by atoms with van der Waals surface area (Å²) in [7, 11) is -1.68. The Morgan fingerprint density at radius 3 is 1.45 bits per heavy atom. The van der Waals surface area contributed by atoms with Crippen LogP contribution in [0.1, 0.15) is 148 Å². The number of benzene rings is 8. The van der Waals surface area contributed by atoms with Crippen molar-refractivity contribution in [2.24, 2.45) is 10.8 Å². The van der Waals surface area contributed by atoms with Crippen LogP contribution in [0.15, 0.2) is 121 Å². The number of phenolic OH excluding ortho intramolecular Hbond substituents is 2. The van der Waals surface area contributed by atoms with Crippen LogP contribution in [0.2, 0.25) is 24.7 Å². The molecule has 0 aliphatic carbocycles. The summed E-state index contributed by atoms with van der Waals surface area (Å²) >= 11 is 7.03. The molecule has 2 aromatic heterocycles. The predicted octanol–water partition coefficient (Wildman–Crippen LogP) is 21.8. The average molecular weight is 1200 g/mol. The average Bonchev–Trinajstić information content (AvgIpc) is 1.67. The van der Waals surface area contributed by atoms with Gasteiger partial charge in [-0.2, -0.15) is 0 Å². The molecule has 6 nitrogen and oxygen atoms in total. The van der Waals surface area contributed by atoms with E-state index < -0.39 is 13.9 Å². The predicted molar refractivity (Wildman–Crippen MR) is 371 cm³/mol. The second kappa shape index (κ2) is 22.5. The molecule has 0 aliphatic heterocycles. The van der Waals surface area contributed by atoms with Gasteiger partial charge in [0, 0.05) is 55.2 Å². The standard InChI is InChI=1S/C78H92ClFN2O4Si/c1-46-23-28-64-58(32-46)59-43-55(87(18,19)20)25-29-65(59)81(64)68-39-51(77(14,15)44-74(5,6)7)36-60(70(68)83)62-41-53(79)34-48(3)72(62)85-30-21-31-86-73-49(4)35-54(80)42-63(73)61-37-52(78(16,17)45-75(8,9)10)40-69(71(61)84)82-66-33-47(2)22-26-56(66)57-27-24-50(38-67(57)82)76(11,12)13/h22-29,32-43,83-84H,21,30-31,44-45H2,1-20H3. The fraction of sp³-hybridized carbons (Fsp3) is 0.385. The highest BCUT2D eigenvalue weighted by Crippen LogP contribution is 2.51. The number of hydrogen-bond acceptors (Lipinski definition) is 4. The van der Waals surface area contributed by atoms with Gasteiger partial charge in [-0.1, -0.05) is 174 Å². The van der Waals surface area contributed by atoms with Crippen LogP contribution in [-0.2, 0) is 16.2 Å². The van der Waals surface area contributed by atoms with Gasteiger partial charge in [-0.3, -0.25) is 0 Å². The van der Waals surface area contributed by atoms with Crippen molar-refractivity contribution in [3.63, 3.8) is 0 Å². The third-order valence-corrected chi connectivity index (χ3v) is 19.8. The summed E-state index contributed by atoms with van der Waals surface area (Å²) in [4.78, 5) is 0. The lowest BCUT2D eigenvalue weighted by Gasteiger charge is -2.34. The Bertz CT molecular complexity index is 4340. The molecule has 2 N–H and O–H groups in total. The van der Waals surface area contributed by atoms with Gasteiger partial charge in [0.1, 0.15) is 28.8 Å². The Hall–Kier alpha value is -7.00. The fourth-order valence-corrected chi connectivity index (χ4v) is 15.4. The molecule has 0 unspecified atom stereocenters. The van der Waals surface area contributed by atoms with Gasteiger partial charge >= 0.3 is 0 Å². The quantitative estimate of drug-likeness (QED) is 0.0793. The molecule has 0 amide bonds. The minimum absolute atomic E-state index is 0.00930. The number of rotatable bonds is 15. The Balaban J connectivity index is 1.05. The van der Waals surface area contributed by atoms with Gasteiger partial charge in [-0.05, 0) is 180 Å². The molecule has 0 spiro atoms. The summed E-state index contributed by atoms with van der Waals surface area (Å²) in [6.07, 6.45) is 2.21. The van der Waals surface area contributed by atoms with E-state index in [1.165, 1.54) is 33.8 Å². The first-order valence-corrected chi connectivity index (χ1v) is 35.0. The first kappa shape index (κ1) is 63.0. The van der Waals surface area contributed by atoms with Crippen molar-refractivity contribution in [1.82, 2.24) is 9.13 Å². The van der Waals surface area contributed by atoms with Crippen LogP contribution >= 0.6 is 11.6 Å². The van der Waals surface area contributed by atoms with Crippen LogP contribution in [0, 0.1) is 44.3 Å². The van der Waals surface area contributed by atoms with E-state index in [0.29, 0.717) is 62.1 Å². The number of ether oxygens (including phenoxy) is 2. The van der Waals surface area contributed by atoms with Crippen LogP contribution in [0.25, 0.3) is 77.2 Å². The summed E-state index contributed by atoms with van der Waals surface area (Å²) in [5.74, 6) is 0.854. The van der Waals surface area contributed by atoms with Crippen LogP contribution in [0.3, 0.4) is 0 Å². The molecule has 0 radical (unpaired) electrons. The van der Waals surface area contributed by atoms with E-state index in [2.05, 4.69) is 224 Å². The number of aromatic nitrogens is 2. The zero-order valence-electron chi connectivity index (χ0n) is 55.4. The van der Waals surface area contributed by atoms with Gasteiger partial charge in [0.2, 0.25) is 0 Å². The minimum Gasteiger partial charge on any atom is -0.505 e. The highest BCUT2D eigenvalue weighted by atomic mass is 35.5. The SMILES string of the molecule is Cc1ccc2c(c1)c1cc([Si](C)(C)C)ccc1n2-c1cc(C(C)(C)CC(C)(C)C)cc(-c2cc(Cl)cc(C)c2OCCCOc2c(C)cc(F)cc2-c2cc(C(C)(C)CC(C)(C)C)cc(-n3c4cc(C)ccc4c4ccc(C(C)(C)C)cc43)c2O)c1O. The minimum atomic E-state index is -1.68. The molecule has 9 heteroatoms. The summed E-state index contributed by atoms with van der Waals surface area (Å²) in [6.45, 7) is 45.1. The van der Waals surface area contributed by atoms with Crippen LogP contribution in [0.4, 0.5) is 4.39 Å². The third-order valence-electron chi connectivity index (χ3n) is 17.6. The van der Waals surface area contributed by atoms with Gasteiger partial charge < -0.3 is 28.8 Å². The van der Waals surface area contributed by atoms with E-state index in [1.807, 2.05) is 32.0 Å². The van der Waals surface area contributed by atoms with E-state index >= 15 is 4.39 Å². The van der Waals surface area contributed by atoms with Gasteiger partial charge in [0.25, 0.3) is 0 Å². The molecule has 8 aromatic carbocycles. The van der Waals surface area contributed by atoms with Crippen LogP contribution in [0.5, 0.6) is 23.0 Å². The molecule has 456 valence electrons. The summed E-state index contributed by atoms with van der Waals surface area (Å²) in [5.41, 5.74) is 13.8. The van der Waals surface area contributed by atoms with Crippen molar-refractivity contribution < 1.29 is 24.1 Å². The molecule has 10 aromatic rings. The third kappa shape index (κ3) is 12.6. The largest absolute Gasteiger partial charge is 0.505 e. The lowest BCUT2D eigenvalue weighted by atomic mass is 9.71. The van der Waals surface area contributed by atoms with Crippen LogP contribution < -0.4 is 14.7 Å². The normalized spacial score (nSPS) is 13.0. The molecule has 87 heavy (non-hydrogen) atoms. The van der Waals surface area contributed by atoms with E-state index in [9.17, 15) is 10.2 Å². The van der Waals surface area contributed by atoms with Gasteiger partial charge in [0.15, 0.2) is 0 Å². The first-order valence-electron chi connectivity index (χ1n) is 31.1. The molecular formula is C78H92ClFN2O4Si. The second-order valence-corrected chi connectivity index (χ2v) is 36.5. The number of nitrogens with zero attached hydrogens (tertiary/aromatic N) is 2. The zero-order chi connectivity index (χ0) is 63.4. The lowest BCUT2D eigenvalue weighted by molar-refractivity contribution is 0.246. The fourth-order valence-electron chi connectivity index (χ4n) is 14.0. The summed E-state index contributed by atoms with van der Waals surface area (Å²) in [6, 6.07) is 42.0. The number of halogens is 2. The monoisotopic (exact) mass is 1200 g/mol. The van der Waals surface area contributed by atoms with E-state index in [0.717, 1.165) is 73.3 Å². The van der Waals surface area contributed by atoms with Gasteiger partial charge in [0.05, 0.1) is 54.7 Å². The Morgan fingerprint density at radius 1 is 0.460 bits per heavy atom. The lowest BCUT2D eigenvalue weighted by Crippen LogP contribution is -2.37. The summed E-state index contributed by atoms with van der Waals surface area (Å²) in [5, 5.41) is 32.5. The van der Waals surface area contributed by atoms with E-state index in [4.69, 9.17) is 21.1 Å². The zero-order valence-corrected chi connectivity index (χ0v) is 57.2. The maximum absolute atomic E-state index is 16.2. The molecule has 0 saturated carbocycles. The molecule has 0 bridgehead atoms.